The monoisotopic (exact) mass is 273 g/mol. The fourth-order valence-corrected chi connectivity index (χ4v) is 2.47. The van der Waals surface area contributed by atoms with Gasteiger partial charge in [0.25, 0.3) is 0 Å². The summed E-state index contributed by atoms with van der Waals surface area (Å²) in [6.45, 7) is 4.71. The van der Waals surface area contributed by atoms with Crippen LogP contribution in [0.25, 0.3) is 11.1 Å². The summed E-state index contributed by atoms with van der Waals surface area (Å²) in [6, 6.07) is 8.42. The summed E-state index contributed by atoms with van der Waals surface area (Å²) in [7, 11) is 5.33. The Morgan fingerprint density at radius 1 is 1.25 bits per heavy atom. The SMILES string of the molecule is Cc1nn(C)c(C)c1-c1cccc(CC[N+](C)(C)[O-])c1. The van der Waals surface area contributed by atoms with Crippen LogP contribution >= 0.6 is 0 Å². The summed E-state index contributed by atoms with van der Waals surface area (Å²) in [4.78, 5) is 0. The second kappa shape index (κ2) is 5.38. The van der Waals surface area contributed by atoms with Gasteiger partial charge in [0.1, 0.15) is 0 Å². The van der Waals surface area contributed by atoms with Gasteiger partial charge in [0.2, 0.25) is 0 Å². The van der Waals surface area contributed by atoms with Gasteiger partial charge in [-0.25, -0.2) is 0 Å². The van der Waals surface area contributed by atoms with Crippen molar-refractivity contribution in [2.75, 3.05) is 20.6 Å². The molecule has 2 rings (SSSR count). The number of benzene rings is 1. The van der Waals surface area contributed by atoms with Crippen molar-refractivity contribution < 1.29 is 4.65 Å². The molecule has 20 heavy (non-hydrogen) atoms. The molecule has 108 valence electrons. The lowest BCUT2D eigenvalue weighted by Gasteiger charge is -2.33. The summed E-state index contributed by atoms with van der Waals surface area (Å²) in [5.74, 6) is 0. The first-order chi connectivity index (χ1) is 9.28. The average molecular weight is 273 g/mol. The van der Waals surface area contributed by atoms with Crippen LogP contribution in [0.1, 0.15) is 17.0 Å². The van der Waals surface area contributed by atoms with Gasteiger partial charge < -0.3 is 9.85 Å². The molecule has 0 aliphatic heterocycles. The Labute approximate surface area is 120 Å². The van der Waals surface area contributed by atoms with Gasteiger partial charge in [0.15, 0.2) is 0 Å². The molecule has 4 heteroatoms. The summed E-state index contributed by atoms with van der Waals surface area (Å²) in [5, 5.41) is 16.1. The minimum absolute atomic E-state index is 0.255. The molecule has 0 aliphatic carbocycles. The van der Waals surface area contributed by atoms with E-state index in [0.717, 1.165) is 12.1 Å². The molecule has 0 bridgehead atoms. The Kier molecular flexibility index (Phi) is 3.97. The smallest absolute Gasteiger partial charge is 0.0820 e. The van der Waals surface area contributed by atoms with Crippen molar-refractivity contribution in [1.29, 1.82) is 0 Å². The number of aromatic nitrogens is 2. The molecule has 0 amide bonds. The molecule has 0 saturated carbocycles. The fraction of sp³-hybridized carbons (Fsp3) is 0.438. The van der Waals surface area contributed by atoms with E-state index in [-0.39, 0.29) is 4.65 Å². The van der Waals surface area contributed by atoms with Gasteiger partial charge in [0.05, 0.1) is 26.3 Å². The Hall–Kier alpha value is -1.65. The maximum Gasteiger partial charge on any atom is 0.0820 e. The molecule has 0 radical (unpaired) electrons. The molecule has 0 unspecified atom stereocenters. The van der Waals surface area contributed by atoms with Gasteiger partial charge in [0, 0.05) is 24.7 Å². The molecule has 0 atom stereocenters. The lowest BCUT2D eigenvalue weighted by Crippen LogP contribution is -2.34. The molecule has 0 aliphatic rings. The van der Waals surface area contributed by atoms with Crippen molar-refractivity contribution in [2.45, 2.75) is 20.3 Å². The van der Waals surface area contributed by atoms with E-state index < -0.39 is 0 Å². The van der Waals surface area contributed by atoms with Crippen LogP contribution < -0.4 is 0 Å². The zero-order valence-electron chi connectivity index (χ0n) is 13.0. The van der Waals surface area contributed by atoms with Crippen LogP contribution in [0, 0.1) is 19.1 Å². The molecular formula is C16H23N3O. The lowest BCUT2D eigenvalue weighted by atomic mass is 10.0. The second-order valence-corrected chi connectivity index (χ2v) is 5.92. The number of nitrogens with zero attached hydrogens (tertiary/aromatic N) is 3. The van der Waals surface area contributed by atoms with Gasteiger partial charge in [-0.05, 0) is 25.0 Å². The third-order valence-corrected chi connectivity index (χ3v) is 3.66. The first-order valence-electron chi connectivity index (χ1n) is 6.91. The van der Waals surface area contributed by atoms with Crippen molar-refractivity contribution in [2.24, 2.45) is 7.05 Å². The van der Waals surface area contributed by atoms with Crippen molar-refractivity contribution in [3.05, 3.63) is 46.4 Å². The second-order valence-electron chi connectivity index (χ2n) is 5.92. The Bertz CT molecular complexity index is 609. The highest BCUT2D eigenvalue weighted by Gasteiger charge is 2.12. The van der Waals surface area contributed by atoms with Gasteiger partial charge >= 0.3 is 0 Å². The summed E-state index contributed by atoms with van der Waals surface area (Å²) in [5.41, 5.74) is 5.79. The minimum Gasteiger partial charge on any atom is -0.633 e. The lowest BCUT2D eigenvalue weighted by molar-refractivity contribution is -0.839. The molecule has 0 saturated heterocycles. The zero-order chi connectivity index (χ0) is 14.9. The van der Waals surface area contributed by atoms with E-state index in [1.54, 1.807) is 14.1 Å². The van der Waals surface area contributed by atoms with Gasteiger partial charge in [-0.2, -0.15) is 5.10 Å². The Morgan fingerprint density at radius 2 is 1.95 bits per heavy atom. The largest absolute Gasteiger partial charge is 0.633 e. The van der Waals surface area contributed by atoms with E-state index in [2.05, 4.69) is 36.3 Å². The first-order valence-corrected chi connectivity index (χ1v) is 6.91. The third-order valence-electron chi connectivity index (χ3n) is 3.66. The average Bonchev–Trinajstić information content (AvgIpc) is 2.60. The topological polar surface area (TPSA) is 40.9 Å². The predicted molar refractivity (Wildman–Crippen MR) is 82.2 cm³/mol. The molecule has 0 fully saturated rings. The van der Waals surface area contributed by atoms with Gasteiger partial charge in [-0.15, -0.1) is 0 Å². The zero-order valence-corrected chi connectivity index (χ0v) is 13.0. The van der Waals surface area contributed by atoms with E-state index in [4.69, 9.17) is 0 Å². The number of hydrogen-bond acceptors (Lipinski definition) is 2. The highest BCUT2D eigenvalue weighted by atomic mass is 16.5. The molecule has 1 heterocycles. The number of hydroxylamine groups is 3. The molecule has 4 nitrogen and oxygen atoms in total. The van der Waals surface area contributed by atoms with Gasteiger partial charge in [-0.3, -0.25) is 4.68 Å². The minimum atomic E-state index is -0.255. The maximum atomic E-state index is 11.7. The quantitative estimate of drug-likeness (QED) is 0.635. The van der Waals surface area contributed by atoms with Crippen LogP contribution in [0.2, 0.25) is 0 Å². The molecule has 0 N–H and O–H groups in total. The van der Waals surface area contributed by atoms with Crippen LogP contribution in [0.3, 0.4) is 0 Å². The Balaban J connectivity index is 2.30. The van der Waals surface area contributed by atoms with E-state index in [1.807, 2.05) is 18.7 Å². The molecule has 1 aromatic heterocycles. The molecule has 2 aromatic rings. The van der Waals surface area contributed by atoms with Crippen LogP contribution in [0.15, 0.2) is 24.3 Å². The number of hydrogen-bond donors (Lipinski definition) is 0. The molecular weight excluding hydrogens is 250 g/mol. The molecule has 1 aromatic carbocycles. The number of aryl methyl sites for hydroxylation is 2. The number of likely N-dealkylation sites (N-methyl/N-ethyl adjacent to an activating group) is 1. The summed E-state index contributed by atoms with van der Waals surface area (Å²) >= 11 is 0. The third kappa shape index (κ3) is 3.26. The fourth-order valence-electron chi connectivity index (χ4n) is 2.47. The van der Waals surface area contributed by atoms with Crippen molar-refractivity contribution >= 4 is 0 Å². The van der Waals surface area contributed by atoms with Crippen molar-refractivity contribution in [3.8, 4) is 11.1 Å². The number of rotatable bonds is 4. The predicted octanol–water partition coefficient (Wildman–Crippen LogP) is 2.82. The first kappa shape index (κ1) is 14.8. The van der Waals surface area contributed by atoms with E-state index in [0.29, 0.717) is 6.54 Å². The van der Waals surface area contributed by atoms with Crippen molar-refractivity contribution in [1.82, 2.24) is 9.78 Å². The van der Waals surface area contributed by atoms with E-state index in [9.17, 15) is 5.21 Å². The maximum absolute atomic E-state index is 11.7. The number of quaternary nitrogens is 1. The van der Waals surface area contributed by atoms with Crippen molar-refractivity contribution in [3.63, 3.8) is 0 Å². The summed E-state index contributed by atoms with van der Waals surface area (Å²) in [6.07, 6.45) is 0.794. The highest BCUT2D eigenvalue weighted by molar-refractivity contribution is 5.69. The van der Waals surface area contributed by atoms with E-state index in [1.165, 1.54) is 22.4 Å². The molecule has 0 spiro atoms. The Morgan fingerprint density at radius 3 is 2.50 bits per heavy atom. The van der Waals surface area contributed by atoms with E-state index >= 15 is 0 Å². The highest BCUT2D eigenvalue weighted by Crippen LogP contribution is 2.27. The van der Waals surface area contributed by atoms with Gasteiger partial charge in [-0.1, -0.05) is 24.3 Å². The standard InChI is InChI=1S/C16H23N3O/c1-12-16(13(2)18(3)17-12)15-8-6-7-14(11-15)9-10-19(4,5)20/h6-8,11H,9-10H2,1-5H3. The normalized spacial score (nSPS) is 11.9. The van der Waals surface area contributed by atoms with Crippen LogP contribution in [0.4, 0.5) is 0 Å². The van der Waals surface area contributed by atoms with Crippen LogP contribution in [-0.4, -0.2) is 35.1 Å². The van der Waals surface area contributed by atoms with Crippen LogP contribution in [-0.2, 0) is 13.5 Å². The van der Waals surface area contributed by atoms with Crippen LogP contribution in [0.5, 0.6) is 0 Å². The summed E-state index contributed by atoms with van der Waals surface area (Å²) < 4.78 is 1.66.